The van der Waals surface area contributed by atoms with Crippen LogP contribution in [0.4, 0.5) is 0 Å². The summed E-state index contributed by atoms with van der Waals surface area (Å²) in [7, 11) is 0. The Morgan fingerprint density at radius 1 is 1.20 bits per heavy atom. The number of hydrogen-bond acceptors (Lipinski definition) is 1. The third kappa shape index (κ3) is 2.16. The molecule has 1 heteroatoms. The summed E-state index contributed by atoms with van der Waals surface area (Å²) in [5, 5.41) is 0. The first-order valence-electron chi connectivity index (χ1n) is 8.05. The molecule has 0 aromatic heterocycles. The normalized spacial score (nSPS) is 34.4. The van der Waals surface area contributed by atoms with Crippen LogP contribution in [-0.4, -0.2) is 6.61 Å². The number of fused-ring (bicyclic) bond motifs is 2. The largest absolute Gasteiger partial charge is 0.494 e. The minimum Gasteiger partial charge on any atom is -0.494 e. The van der Waals surface area contributed by atoms with E-state index in [2.05, 4.69) is 27.2 Å². The summed E-state index contributed by atoms with van der Waals surface area (Å²) in [5.74, 6) is 2.71. The number of para-hydroxylation sites is 1. The van der Waals surface area contributed by atoms with Crippen LogP contribution < -0.4 is 4.74 Å². The molecule has 0 amide bonds. The highest BCUT2D eigenvalue weighted by atomic mass is 16.5. The predicted octanol–water partition coefficient (Wildman–Crippen LogP) is 5.12. The molecular formula is C19H27O. The molecule has 20 heavy (non-hydrogen) atoms. The second-order valence-electron chi connectivity index (χ2n) is 7.40. The Balaban J connectivity index is 1.49. The van der Waals surface area contributed by atoms with Gasteiger partial charge in [-0.2, -0.15) is 0 Å². The Morgan fingerprint density at radius 2 is 1.95 bits per heavy atom. The molecule has 1 radical (unpaired) electrons. The molecule has 2 bridgehead atoms. The van der Waals surface area contributed by atoms with Gasteiger partial charge in [0.05, 0.1) is 6.61 Å². The highest BCUT2D eigenvalue weighted by Gasteiger charge is 2.60. The third-order valence-electron chi connectivity index (χ3n) is 6.44. The molecule has 0 aliphatic heterocycles. The Hall–Kier alpha value is -0.980. The zero-order valence-electron chi connectivity index (χ0n) is 13.1. The quantitative estimate of drug-likeness (QED) is 0.675. The van der Waals surface area contributed by atoms with Gasteiger partial charge < -0.3 is 4.74 Å². The summed E-state index contributed by atoms with van der Waals surface area (Å²) in [6, 6.07) is 10.1. The second-order valence-corrected chi connectivity index (χ2v) is 7.40. The minimum atomic E-state index is 0.518. The molecule has 2 aliphatic rings. The van der Waals surface area contributed by atoms with E-state index in [1.165, 1.54) is 19.3 Å². The van der Waals surface area contributed by atoms with Crippen molar-refractivity contribution in [3.8, 4) is 5.75 Å². The van der Waals surface area contributed by atoms with Gasteiger partial charge in [-0.05, 0) is 66.9 Å². The Morgan fingerprint density at radius 3 is 2.55 bits per heavy atom. The molecule has 2 fully saturated rings. The fraction of sp³-hybridized carbons (Fsp3) is 0.632. The third-order valence-corrected chi connectivity index (χ3v) is 6.44. The summed E-state index contributed by atoms with van der Waals surface area (Å²) >= 11 is 0. The van der Waals surface area contributed by atoms with Crippen molar-refractivity contribution >= 4 is 0 Å². The van der Waals surface area contributed by atoms with Gasteiger partial charge >= 0.3 is 0 Å². The van der Waals surface area contributed by atoms with Gasteiger partial charge in [0.25, 0.3) is 0 Å². The van der Waals surface area contributed by atoms with Crippen LogP contribution in [0.1, 0.15) is 46.5 Å². The lowest BCUT2D eigenvalue weighted by Crippen LogP contribution is -2.32. The molecular weight excluding hydrogens is 244 g/mol. The summed E-state index contributed by atoms with van der Waals surface area (Å²) in [6.07, 6.45) is 7.86. The van der Waals surface area contributed by atoms with Crippen molar-refractivity contribution in [3.63, 3.8) is 0 Å². The molecule has 1 nitrogen and oxygen atoms in total. The van der Waals surface area contributed by atoms with E-state index in [1.807, 2.05) is 30.3 Å². The van der Waals surface area contributed by atoms with Gasteiger partial charge in [0.2, 0.25) is 0 Å². The van der Waals surface area contributed by atoms with Crippen molar-refractivity contribution in [1.29, 1.82) is 0 Å². The van der Waals surface area contributed by atoms with E-state index < -0.39 is 0 Å². The maximum atomic E-state index is 5.80. The Kier molecular flexibility index (Phi) is 3.56. The predicted molar refractivity (Wildman–Crippen MR) is 83.6 cm³/mol. The summed E-state index contributed by atoms with van der Waals surface area (Å²) in [4.78, 5) is 0. The topological polar surface area (TPSA) is 9.23 Å². The van der Waals surface area contributed by atoms with Gasteiger partial charge in [-0.1, -0.05) is 39.0 Å². The van der Waals surface area contributed by atoms with E-state index in [0.29, 0.717) is 10.8 Å². The van der Waals surface area contributed by atoms with Gasteiger partial charge in [0, 0.05) is 0 Å². The lowest BCUT2D eigenvalue weighted by Gasteiger charge is -2.39. The fourth-order valence-corrected chi connectivity index (χ4v) is 4.58. The average Bonchev–Trinajstić information content (AvgIpc) is 2.78. The Labute approximate surface area is 123 Å². The molecule has 3 atom stereocenters. The van der Waals surface area contributed by atoms with E-state index in [1.54, 1.807) is 0 Å². The highest BCUT2D eigenvalue weighted by molar-refractivity contribution is 5.21. The van der Waals surface area contributed by atoms with Crippen molar-refractivity contribution in [2.45, 2.75) is 46.5 Å². The van der Waals surface area contributed by atoms with E-state index >= 15 is 0 Å². The molecule has 0 spiro atoms. The van der Waals surface area contributed by atoms with Gasteiger partial charge in [0.1, 0.15) is 5.75 Å². The van der Waals surface area contributed by atoms with Crippen molar-refractivity contribution in [1.82, 2.24) is 0 Å². The smallest absolute Gasteiger partial charge is 0.119 e. The first-order chi connectivity index (χ1) is 9.54. The first-order valence-corrected chi connectivity index (χ1v) is 8.05. The molecule has 3 unspecified atom stereocenters. The van der Waals surface area contributed by atoms with Gasteiger partial charge in [-0.25, -0.2) is 0 Å². The van der Waals surface area contributed by atoms with E-state index in [-0.39, 0.29) is 0 Å². The molecule has 2 saturated carbocycles. The van der Waals surface area contributed by atoms with Crippen LogP contribution in [0.25, 0.3) is 0 Å². The van der Waals surface area contributed by atoms with Crippen molar-refractivity contribution < 1.29 is 4.74 Å². The molecule has 3 rings (SSSR count). The standard InChI is InChI=1S/C19H27O/c1-18(2)15-11-12-19(18,3)16(14-15)8-7-13-20-17-9-5-4-6-10-17/h4-6,8-10,15-16H,7,11-14H2,1-3H3. The zero-order chi connectivity index (χ0) is 14.2. The van der Waals surface area contributed by atoms with Crippen LogP contribution in [-0.2, 0) is 0 Å². The second kappa shape index (κ2) is 5.09. The summed E-state index contributed by atoms with van der Waals surface area (Å²) < 4.78 is 5.80. The van der Waals surface area contributed by atoms with Gasteiger partial charge in [-0.15, -0.1) is 0 Å². The summed E-state index contributed by atoms with van der Waals surface area (Å²) in [6.45, 7) is 8.29. The monoisotopic (exact) mass is 271 g/mol. The van der Waals surface area contributed by atoms with E-state index in [4.69, 9.17) is 4.74 Å². The molecule has 109 valence electrons. The van der Waals surface area contributed by atoms with Crippen LogP contribution in [0.15, 0.2) is 30.3 Å². The molecule has 0 heterocycles. The molecule has 2 aliphatic carbocycles. The molecule has 0 N–H and O–H groups in total. The highest BCUT2D eigenvalue weighted by Crippen LogP contribution is 2.68. The molecule has 1 aromatic rings. The van der Waals surface area contributed by atoms with Crippen LogP contribution in [0.3, 0.4) is 0 Å². The molecule has 0 saturated heterocycles. The van der Waals surface area contributed by atoms with Crippen molar-refractivity contribution in [2.75, 3.05) is 6.61 Å². The lowest BCUT2D eigenvalue weighted by atomic mass is 9.66. The van der Waals surface area contributed by atoms with Crippen LogP contribution in [0.2, 0.25) is 0 Å². The maximum absolute atomic E-state index is 5.80. The van der Waals surface area contributed by atoms with E-state index in [9.17, 15) is 0 Å². The molecule has 1 aromatic carbocycles. The number of benzene rings is 1. The van der Waals surface area contributed by atoms with Crippen molar-refractivity contribution in [3.05, 3.63) is 36.8 Å². The van der Waals surface area contributed by atoms with Gasteiger partial charge in [0.15, 0.2) is 0 Å². The van der Waals surface area contributed by atoms with Crippen molar-refractivity contribution in [2.24, 2.45) is 22.7 Å². The lowest BCUT2D eigenvalue weighted by molar-refractivity contribution is 0.114. The number of hydrogen-bond donors (Lipinski definition) is 0. The van der Waals surface area contributed by atoms with E-state index in [0.717, 1.165) is 30.6 Å². The van der Waals surface area contributed by atoms with Crippen LogP contribution in [0.5, 0.6) is 5.75 Å². The Bertz CT molecular complexity index is 450. The SMILES string of the molecule is CC1(C)C2CCC1(C)C([CH]CCOc1ccccc1)C2. The van der Waals surface area contributed by atoms with Gasteiger partial charge in [-0.3, -0.25) is 0 Å². The maximum Gasteiger partial charge on any atom is 0.119 e. The zero-order valence-corrected chi connectivity index (χ0v) is 13.1. The van der Waals surface area contributed by atoms with Crippen LogP contribution >= 0.6 is 0 Å². The average molecular weight is 271 g/mol. The first kappa shape index (κ1) is 14.0. The van der Waals surface area contributed by atoms with Crippen LogP contribution in [0, 0.1) is 29.1 Å². The summed E-state index contributed by atoms with van der Waals surface area (Å²) in [5.41, 5.74) is 1.04. The number of ether oxygens (including phenoxy) is 1. The fourth-order valence-electron chi connectivity index (χ4n) is 4.58. The minimum absolute atomic E-state index is 0.518. The number of rotatable bonds is 5.